The first-order valence-corrected chi connectivity index (χ1v) is 10.6. The van der Waals surface area contributed by atoms with Gasteiger partial charge in [-0.25, -0.2) is 4.79 Å². The van der Waals surface area contributed by atoms with Crippen molar-refractivity contribution in [3.8, 4) is 11.5 Å². The third-order valence-corrected chi connectivity index (χ3v) is 6.13. The Morgan fingerprint density at radius 3 is 2.53 bits per heavy atom. The minimum Gasteiger partial charge on any atom is -0.497 e. The summed E-state index contributed by atoms with van der Waals surface area (Å²) in [5, 5.41) is 2.88. The number of benzene rings is 2. The van der Waals surface area contributed by atoms with Crippen LogP contribution in [0.1, 0.15) is 34.3 Å². The molecule has 2 aliphatic heterocycles. The molecule has 0 radical (unpaired) electrons. The first-order chi connectivity index (χ1) is 15.4. The second-order valence-electron chi connectivity index (χ2n) is 8.29. The highest BCUT2D eigenvalue weighted by Gasteiger charge is 2.53. The zero-order valence-electron chi connectivity index (χ0n) is 18.5. The van der Waals surface area contributed by atoms with Crippen LogP contribution >= 0.6 is 0 Å². The van der Waals surface area contributed by atoms with Crippen LogP contribution in [0.5, 0.6) is 11.5 Å². The lowest BCUT2D eigenvalue weighted by molar-refractivity contribution is -0.133. The van der Waals surface area contributed by atoms with E-state index in [2.05, 4.69) is 5.32 Å². The van der Waals surface area contributed by atoms with E-state index >= 15 is 0 Å². The van der Waals surface area contributed by atoms with Gasteiger partial charge in [0.25, 0.3) is 11.8 Å². The molecule has 0 saturated carbocycles. The Balaban J connectivity index is 1.54. The largest absolute Gasteiger partial charge is 0.497 e. The lowest BCUT2D eigenvalue weighted by atomic mass is 9.88. The molecule has 1 N–H and O–H groups in total. The van der Waals surface area contributed by atoms with Crippen molar-refractivity contribution in [3.05, 3.63) is 59.2 Å². The fraction of sp³-hybridized carbons (Fsp3) is 0.375. The Bertz CT molecular complexity index is 1050. The normalized spacial score (nSPS) is 20.5. The number of nitrogens with zero attached hydrogens (tertiary/aromatic N) is 2. The van der Waals surface area contributed by atoms with Crippen molar-refractivity contribution in [3.63, 3.8) is 0 Å². The molecule has 2 aromatic carbocycles. The van der Waals surface area contributed by atoms with Gasteiger partial charge in [0.15, 0.2) is 0 Å². The first kappa shape index (κ1) is 21.7. The number of carbonyl (C=O) groups excluding carboxylic acids is 3. The van der Waals surface area contributed by atoms with E-state index in [1.807, 2.05) is 31.2 Å². The number of rotatable bonds is 5. The van der Waals surface area contributed by atoms with Gasteiger partial charge in [-0.2, -0.15) is 0 Å². The van der Waals surface area contributed by atoms with E-state index in [9.17, 15) is 14.4 Å². The molecule has 2 aliphatic rings. The van der Waals surface area contributed by atoms with Gasteiger partial charge in [0.1, 0.15) is 17.0 Å². The summed E-state index contributed by atoms with van der Waals surface area (Å²) in [5.74, 6) is 0.445. The van der Waals surface area contributed by atoms with Crippen LogP contribution in [0.15, 0.2) is 42.5 Å². The first-order valence-electron chi connectivity index (χ1n) is 10.6. The molecule has 0 aromatic heterocycles. The summed E-state index contributed by atoms with van der Waals surface area (Å²) in [4.78, 5) is 42.2. The number of urea groups is 1. The van der Waals surface area contributed by atoms with E-state index in [1.165, 1.54) is 12.0 Å². The predicted molar refractivity (Wildman–Crippen MR) is 118 cm³/mol. The van der Waals surface area contributed by atoms with Crippen molar-refractivity contribution in [1.29, 1.82) is 0 Å². The summed E-state index contributed by atoms with van der Waals surface area (Å²) < 4.78 is 10.6. The maximum absolute atomic E-state index is 13.3. The molecule has 1 spiro atoms. The molecule has 0 unspecified atom stereocenters. The molecule has 8 heteroatoms. The molecule has 2 fully saturated rings. The number of imide groups is 1. The summed E-state index contributed by atoms with van der Waals surface area (Å²) in [6.07, 6.45) is 1.10. The van der Waals surface area contributed by atoms with Crippen molar-refractivity contribution >= 4 is 17.8 Å². The molecule has 8 nitrogen and oxygen atoms in total. The monoisotopic (exact) mass is 437 g/mol. The van der Waals surface area contributed by atoms with E-state index in [0.717, 1.165) is 11.1 Å². The molecule has 0 bridgehead atoms. The molecular formula is C24H27N3O5. The van der Waals surface area contributed by atoms with Crippen LogP contribution in [0.25, 0.3) is 0 Å². The Hall–Kier alpha value is -3.55. The third-order valence-electron chi connectivity index (χ3n) is 6.13. The van der Waals surface area contributed by atoms with E-state index in [4.69, 9.17) is 9.47 Å². The number of hydrogen-bond acceptors (Lipinski definition) is 5. The van der Waals surface area contributed by atoms with Crippen molar-refractivity contribution < 1.29 is 23.9 Å². The Morgan fingerprint density at radius 2 is 1.84 bits per heavy atom. The summed E-state index contributed by atoms with van der Waals surface area (Å²) in [6.45, 7) is 2.80. The van der Waals surface area contributed by atoms with Gasteiger partial charge >= 0.3 is 6.03 Å². The number of aryl methyl sites for hydroxylation is 1. The molecule has 2 saturated heterocycles. The Labute approximate surface area is 187 Å². The number of ether oxygens (including phenoxy) is 2. The van der Waals surface area contributed by atoms with E-state index < -0.39 is 11.6 Å². The number of piperidine rings is 1. The number of methoxy groups -OCH3 is 2. The maximum atomic E-state index is 13.3. The molecule has 4 amide bonds. The summed E-state index contributed by atoms with van der Waals surface area (Å²) in [6, 6.07) is 12.3. The van der Waals surface area contributed by atoms with Crippen LogP contribution in [0.4, 0.5) is 4.79 Å². The van der Waals surface area contributed by atoms with Gasteiger partial charge in [0, 0.05) is 12.6 Å². The van der Waals surface area contributed by atoms with Crippen LogP contribution in [0, 0.1) is 6.92 Å². The second-order valence-corrected chi connectivity index (χ2v) is 8.29. The van der Waals surface area contributed by atoms with Gasteiger partial charge < -0.3 is 19.7 Å². The van der Waals surface area contributed by atoms with Gasteiger partial charge in [-0.3, -0.25) is 14.5 Å². The van der Waals surface area contributed by atoms with Gasteiger partial charge in [-0.1, -0.05) is 29.8 Å². The van der Waals surface area contributed by atoms with Gasteiger partial charge in [0.05, 0.1) is 32.9 Å². The number of likely N-dealkylation sites (tertiary alicyclic amines) is 1. The summed E-state index contributed by atoms with van der Waals surface area (Å²) in [7, 11) is 3.04. The quantitative estimate of drug-likeness (QED) is 0.727. The summed E-state index contributed by atoms with van der Waals surface area (Å²) in [5.41, 5.74) is 1.27. The Morgan fingerprint density at radius 1 is 1.09 bits per heavy atom. The van der Waals surface area contributed by atoms with Crippen LogP contribution in [0.3, 0.4) is 0 Å². The minimum absolute atomic E-state index is 0.121. The average molecular weight is 437 g/mol. The van der Waals surface area contributed by atoms with E-state index in [1.54, 1.807) is 30.2 Å². The van der Waals surface area contributed by atoms with E-state index in [-0.39, 0.29) is 24.9 Å². The highest BCUT2D eigenvalue weighted by Crippen LogP contribution is 2.32. The standard InChI is InChI=1S/C24H27N3O5/c1-16-5-7-17(8-6-16)14-27-22(29)24(25-23(27)30)11-4-12-26(15-24)21(28)19-10-9-18(31-2)13-20(19)32-3/h5-10,13H,4,11-12,14-15H2,1-3H3,(H,25,30)/t24-/m0/s1. The lowest BCUT2D eigenvalue weighted by Gasteiger charge is -2.38. The number of nitrogens with one attached hydrogen (secondary N) is 1. The fourth-order valence-corrected chi connectivity index (χ4v) is 4.35. The summed E-state index contributed by atoms with van der Waals surface area (Å²) >= 11 is 0. The zero-order valence-corrected chi connectivity index (χ0v) is 18.5. The second kappa shape index (κ2) is 8.53. The zero-order chi connectivity index (χ0) is 22.9. The van der Waals surface area contributed by atoms with Crippen molar-refractivity contribution in [2.75, 3.05) is 27.3 Å². The SMILES string of the molecule is COc1ccc(C(=O)N2CCC[C@@]3(C2)NC(=O)N(Cc2ccc(C)cc2)C3=O)c(OC)c1. The molecule has 2 aromatic rings. The van der Waals surface area contributed by atoms with Gasteiger partial charge in [0.2, 0.25) is 0 Å². The average Bonchev–Trinajstić information content (AvgIpc) is 3.03. The number of hydrogen-bond donors (Lipinski definition) is 1. The predicted octanol–water partition coefficient (Wildman–Crippen LogP) is 2.74. The third kappa shape index (κ3) is 3.88. The molecule has 168 valence electrons. The van der Waals surface area contributed by atoms with Crippen LogP contribution in [-0.4, -0.2) is 60.5 Å². The maximum Gasteiger partial charge on any atom is 0.325 e. The lowest BCUT2D eigenvalue weighted by Crippen LogP contribution is -2.59. The minimum atomic E-state index is -1.10. The van der Waals surface area contributed by atoms with Gasteiger partial charge in [-0.15, -0.1) is 0 Å². The number of carbonyl (C=O) groups is 3. The van der Waals surface area contributed by atoms with Crippen LogP contribution < -0.4 is 14.8 Å². The highest BCUT2D eigenvalue weighted by atomic mass is 16.5. The smallest absolute Gasteiger partial charge is 0.325 e. The van der Waals surface area contributed by atoms with E-state index in [0.29, 0.717) is 36.4 Å². The van der Waals surface area contributed by atoms with Crippen molar-refractivity contribution in [1.82, 2.24) is 15.1 Å². The molecular weight excluding hydrogens is 410 g/mol. The van der Waals surface area contributed by atoms with Crippen molar-refractivity contribution in [2.45, 2.75) is 31.8 Å². The topological polar surface area (TPSA) is 88.2 Å². The molecule has 0 aliphatic carbocycles. The molecule has 1 atom stereocenters. The van der Waals surface area contributed by atoms with Crippen LogP contribution in [-0.2, 0) is 11.3 Å². The molecule has 4 rings (SSSR count). The molecule has 2 heterocycles. The highest BCUT2D eigenvalue weighted by molar-refractivity contribution is 6.08. The van der Waals surface area contributed by atoms with Gasteiger partial charge in [-0.05, 0) is 37.5 Å². The number of amides is 4. The van der Waals surface area contributed by atoms with Crippen molar-refractivity contribution in [2.24, 2.45) is 0 Å². The van der Waals surface area contributed by atoms with Crippen LogP contribution in [0.2, 0.25) is 0 Å². The fourth-order valence-electron chi connectivity index (χ4n) is 4.35. The Kier molecular flexibility index (Phi) is 5.78. The molecule has 32 heavy (non-hydrogen) atoms.